The van der Waals surface area contributed by atoms with Crippen molar-refractivity contribution >= 4 is 17.5 Å². The first kappa shape index (κ1) is 16.8. The molecule has 0 spiro atoms. The Morgan fingerprint density at radius 2 is 1.90 bits per heavy atom. The van der Waals surface area contributed by atoms with Gasteiger partial charge in [0.25, 0.3) is 0 Å². The van der Waals surface area contributed by atoms with Crippen molar-refractivity contribution in [2.24, 2.45) is 0 Å². The number of hydrogen-bond acceptors (Lipinski definition) is 4. The van der Waals surface area contributed by atoms with Crippen molar-refractivity contribution in [2.75, 3.05) is 32.0 Å². The fourth-order valence-electron chi connectivity index (χ4n) is 1.78. The van der Waals surface area contributed by atoms with Gasteiger partial charge in [-0.3, -0.25) is 9.59 Å². The maximum atomic E-state index is 12.0. The summed E-state index contributed by atoms with van der Waals surface area (Å²) in [5, 5.41) is 2.68. The highest BCUT2D eigenvalue weighted by atomic mass is 16.5. The molecule has 0 bridgehead atoms. The molecule has 3 N–H and O–H groups in total. The lowest BCUT2D eigenvalue weighted by molar-refractivity contribution is -0.136. The molecule has 6 heteroatoms. The predicted molar refractivity (Wildman–Crippen MR) is 81.9 cm³/mol. The van der Waals surface area contributed by atoms with E-state index >= 15 is 0 Å². The highest BCUT2D eigenvalue weighted by Gasteiger charge is 2.14. The van der Waals surface area contributed by atoms with Crippen LogP contribution < -0.4 is 15.8 Å². The van der Waals surface area contributed by atoms with Crippen LogP contribution in [0.2, 0.25) is 0 Å². The number of rotatable bonds is 8. The zero-order chi connectivity index (χ0) is 15.7. The van der Waals surface area contributed by atoms with E-state index < -0.39 is 0 Å². The van der Waals surface area contributed by atoms with Gasteiger partial charge in [0.05, 0.1) is 19.6 Å². The first-order chi connectivity index (χ1) is 10.1. The van der Waals surface area contributed by atoms with Gasteiger partial charge < -0.3 is 20.7 Å². The maximum Gasteiger partial charge on any atom is 0.239 e. The van der Waals surface area contributed by atoms with Crippen molar-refractivity contribution in [3.63, 3.8) is 0 Å². The Labute approximate surface area is 125 Å². The molecule has 2 amide bonds. The van der Waals surface area contributed by atoms with Gasteiger partial charge in [0.1, 0.15) is 5.75 Å². The Bertz CT molecular complexity index is 460. The topological polar surface area (TPSA) is 84.7 Å². The first-order valence-corrected chi connectivity index (χ1v) is 7.09. The van der Waals surface area contributed by atoms with Crippen LogP contribution in [0.25, 0.3) is 0 Å². The minimum absolute atomic E-state index is 0.0883. The molecule has 0 heterocycles. The molecule has 0 atom stereocenters. The van der Waals surface area contributed by atoms with Gasteiger partial charge in [0.2, 0.25) is 11.8 Å². The number of likely N-dealkylation sites (N-methyl/N-ethyl adjacent to an activating group) is 2. The van der Waals surface area contributed by atoms with Crippen LogP contribution in [-0.2, 0) is 9.59 Å². The quantitative estimate of drug-likeness (QED) is 0.701. The van der Waals surface area contributed by atoms with E-state index in [9.17, 15) is 9.59 Å². The molecule has 0 unspecified atom stereocenters. The van der Waals surface area contributed by atoms with Gasteiger partial charge >= 0.3 is 0 Å². The van der Waals surface area contributed by atoms with Crippen LogP contribution >= 0.6 is 0 Å². The average Bonchev–Trinajstić information content (AvgIpc) is 2.47. The summed E-state index contributed by atoms with van der Waals surface area (Å²) in [6.45, 7) is 5.11. The molecular weight excluding hydrogens is 270 g/mol. The van der Waals surface area contributed by atoms with Crippen LogP contribution in [0.4, 0.5) is 5.69 Å². The zero-order valence-electron chi connectivity index (χ0n) is 12.6. The molecule has 6 nitrogen and oxygen atoms in total. The number of anilines is 1. The molecule has 116 valence electrons. The molecule has 1 aromatic rings. The third-order valence-electron chi connectivity index (χ3n) is 2.91. The molecule has 0 saturated heterocycles. The summed E-state index contributed by atoms with van der Waals surface area (Å²) < 4.78 is 5.48. The Morgan fingerprint density at radius 1 is 1.24 bits per heavy atom. The number of nitrogens with two attached hydrogens (primary N) is 1. The van der Waals surface area contributed by atoms with E-state index in [-0.39, 0.29) is 31.4 Å². The van der Waals surface area contributed by atoms with Gasteiger partial charge in [0, 0.05) is 18.8 Å². The monoisotopic (exact) mass is 293 g/mol. The number of carbonyl (C=O) groups excluding carboxylic acids is 2. The lowest BCUT2D eigenvalue weighted by atomic mass is 10.3. The van der Waals surface area contributed by atoms with Gasteiger partial charge in [-0.1, -0.05) is 0 Å². The Morgan fingerprint density at radius 3 is 2.48 bits per heavy atom. The summed E-state index contributed by atoms with van der Waals surface area (Å²) in [5.41, 5.74) is 6.24. The third kappa shape index (κ3) is 6.16. The SMILES string of the molecule is CCNC(=O)CN(CC)C(=O)CCOc1ccc(N)cc1. The number of ether oxygens (including phenoxy) is 1. The molecule has 0 radical (unpaired) electrons. The van der Waals surface area contributed by atoms with E-state index in [2.05, 4.69) is 5.32 Å². The lowest BCUT2D eigenvalue weighted by Gasteiger charge is -2.20. The smallest absolute Gasteiger partial charge is 0.239 e. The Kier molecular flexibility index (Phi) is 7.08. The van der Waals surface area contributed by atoms with Crippen LogP contribution in [-0.4, -0.2) is 43.0 Å². The number of nitrogens with one attached hydrogen (secondary N) is 1. The van der Waals surface area contributed by atoms with E-state index in [1.165, 1.54) is 4.90 Å². The number of carbonyl (C=O) groups is 2. The minimum atomic E-state index is -0.146. The van der Waals surface area contributed by atoms with Crippen molar-refractivity contribution in [2.45, 2.75) is 20.3 Å². The predicted octanol–water partition coefficient (Wildman–Crippen LogP) is 1.02. The van der Waals surface area contributed by atoms with E-state index in [1.807, 2.05) is 13.8 Å². The highest BCUT2D eigenvalue weighted by molar-refractivity contribution is 5.84. The molecule has 0 aliphatic rings. The van der Waals surface area contributed by atoms with Crippen molar-refractivity contribution in [1.82, 2.24) is 10.2 Å². The zero-order valence-corrected chi connectivity index (χ0v) is 12.6. The van der Waals surface area contributed by atoms with Crippen LogP contribution in [0.15, 0.2) is 24.3 Å². The Balaban J connectivity index is 2.36. The molecule has 0 saturated carbocycles. The number of benzene rings is 1. The summed E-state index contributed by atoms with van der Waals surface area (Å²) in [4.78, 5) is 25.0. The summed E-state index contributed by atoms with van der Waals surface area (Å²) >= 11 is 0. The normalized spacial score (nSPS) is 10.0. The van der Waals surface area contributed by atoms with Crippen molar-refractivity contribution in [3.05, 3.63) is 24.3 Å². The van der Waals surface area contributed by atoms with Crippen molar-refractivity contribution < 1.29 is 14.3 Å². The van der Waals surface area contributed by atoms with E-state index in [0.29, 0.717) is 24.5 Å². The molecule has 21 heavy (non-hydrogen) atoms. The number of hydrogen-bond donors (Lipinski definition) is 2. The van der Waals surface area contributed by atoms with Gasteiger partial charge in [-0.2, -0.15) is 0 Å². The molecule has 0 aliphatic carbocycles. The second kappa shape index (κ2) is 8.84. The standard InChI is InChI=1S/C15H23N3O3/c1-3-17-14(19)11-18(4-2)15(20)9-10-21-13-7-5-12(16)6-8-13/h5-8H,3-4,9-11,16H2,1-2H3,(H,17,19). The molecule has 0 aliphatic heterocycles. The third-order valence-corrected chi connectivity index (χ3v) is 2.91. The summed E-state index contributed by atoms with van der Waals surface area (Å²) in [7, 11) is 0. The van der Waals surface area contributed by atoms with Crippen LogP contribution in [0.1, 0.15) is 20.3 Å². The summed E-state index contributed by atoms with van der Waals surface area (Å²) in [6.07, 6.45) is 0.234. The average molecular weight is 293 g/mol. The van der Waals surface area contributed by atoms with Crippen molar-refractivity contribution in [1.29, 1.82) is 0 Å². The lowest BCUT2D eigenvalue weighted by Crippen LogP contribution is -2.40. The fraction of sp³-hybridized carbons (Fsp3) is 0.467. The fourth-order valence-corrected chi connectivity index (χ4v) is 1.78. The van der Waals surface area contributed by atoms with E-state index in [0.717, 1.165) is 0 Å². The van der Waals surface area contributed by atoms with Gasteiger partial charge in [-0.15, -0.1) is 0 Å². The molecule has 0 fully saturated rings. The van der Waals surface area contributed by atoms with E-state index in [1.54, 1.807) is 24.3 Å². The highest BCUT2D eigenvalue weighted by Crippen LogP contribution is 2.13. The minimum Gasteiger partial charge on any atom is -0.493 e. The van der Waals surface area contributed by atoms with Gasteiger partial charge in [-0.05, 0) is 38.1 Å². The van der Waals surface area contributed by atoms with Crippen LogP contribution in [0.3, 0.4) is 0 Å². The molecular formula is C15H23N3O3. The molecule has 0 aromatic heterocycles. The first-order valence-electron chi connectivity index (χ1n) is 7.09. The second-order valence-corrected chi connectivity index (χ2v) is 4.53. The maximum absolute atomic E-state index is 12.0. The Hall–Kier alpha value is -2.24. The van der Waals surface area contributed by atoms with Crippen LogP contribution in [0, 0.1) is 0 Å². The molecule has 1 rings (SSSR count). The van der Waals surface area contributed by atoms with Gasteiger partial charge in [-0.25, -0.2) is 0 Å². The number of nitrogens with zero attached hydrogens (tertiary/aromatic N) is 1. The van der Waals surface area contributed by atoms with Crippen LogP contribution in [0.5, 0.6) is 5.75 Å². The summed E-state index contributed by atoms with van der Waals surface area (Å²) in [5.74, 6) is 0.426. The number of amides is 2. The second-order valence-electron chi connectivity index (χ2n) is 4.53. The largest absolute Gasteiger partial charge is 0.493 e. The number of nitrogen functional groups attached to an aromatic ring is 1. The van der Waals surface area contributed by atoms with Gasteiger partial charge in [0.15, 0.2) is 0 Å². The summed E-state index contributed by atoms with van der Waals surface area (Å²) in [6, 6.07) is 6.99. The van der Waals surface area contributed by atoms with Crippen molar-refractivity contribution in [3.8, 4) is 5.75 Å². The van der Waals surface area contributed by atoms with E-state index in [4.69, 9.17) is 10.5 Å². The molecule has 1 aromatic carbocycles.